The van der Waals surface area contributed by atoms with E-state index in [0.717, 1.165) is 17.0 Å². The van der Waals surface area contributed by atoms with Gasteiger partial charge in [-0.2, -0.15) is 0 Å². The van der Waals surface area contributed by atoms with Crippen LogP contribution in [-0.2, 0) is 0 Å². The number of para-hydroxylation sites is 1. The summed E-state index contributed by atoms with van der Waals surface area (Å²) < 4.78 is 2.33. The van der Waals surface area contributed by atoms with E-state index in [1.54, 1.807) is 0 Å². The fourth-order valence-electron chi connectivity index (χ4n) is 3.73. The van der Waals surface area contributed by atoms with E-state index in [1.807, 2.05) is 12.3 Å². The predicted molar refractivity (Wildman–Crippen MR) is 98.0 cm³/mol. The third-order valence-corrected chi connectivity index (χ3v) is 4.99. The summed E-state index contributed by atoms with van der Waals surface area (Å²) in [7, 11) is 0. The van der Waals surface area contributed by atoms with Gasteiger partial charge in [-0.15, -0.1) is 0 Å². The second-order valence-corrected chi connectivity index (χ2v) is 6.62. The van der Waals surface area contributed by atoms with Crippen molar-refractivity contribution in [2.45, 2.75) is 32.2 Å². The molecule has 0 radical (unpaired) electrons. The number of benzene rings is 1. The Kier molecular flexibility index (Phi) is 4.30. The maximum Gasteiger partial charge on any atom is 0.158 e. The largest absolute Gasteiger partial charge is 0.327 e. The van der Waals surface area contributed by atoms with Crippen LogP contribution in [0.2, 0.25) is 0 Å². The standard InChI is InChI=1S/C20H24N4/c1-2-12-23-13-9-17(10-14-23)24-15-11-21-20(24)19-8-7-16-5-3-4-6-18(16)22-19/h3-8,11,15,17H,2,9-10,12-14H2,1H3. The molecule has 4 heteroatoms. The van der Waals surface area contributed by atoms with E-state index in [9.17, 15) is 0 Å². The van der Waals surface area contributed by atoms with Crippen molar-refractivity contribution < 1.29 is 0 Å². The molecule has 0 saturated carbocycles. The highest BCUT2D eigenvalue weighted by Gasteiger charge is 2.22. The molecular formula is C20H24N4. The van der Waals surface area contributed by atoms with E-state index < -0.39 is 0 Å². The molecular weight excluding hydrogens is 296 g/mol. The van der Waals surface area contributed by atoms with Gasteiger partial charge in [-0.1, -0.05) is 31.2 Å². The first kappa shape index (κ1) is 15.3. The van der Waals surface area contributed by atoms with Gasteiger partial charge in [0, 0.05) is 36.9 Å². The molecule has 0 spiro atoms. The molecule has 1 aliphatic rings. The average molecular weight is 320 g/mol. The lowest BCUT2D eigenvalue weighted by Crippen LogP contribution is -2.35. The molecule has 24 heavy (non-hydrogen) atoms. The van der Waals surface area contributed by atoms with Crippen molar-refractivity contribution >= 4 is 10.9 Å². The molecule has 0 bridgehead atoms. The molecule has 3 heterocycles. The lowest BCUT2D eigenvalue weighted by atomic mass is 10.0. The monoisotopic (exact) mass is 320 g/mol. The van der Waals surface area contributed by atoms with Gasteiger partial charge < -0.3 is 9.47 Å². The molecule has 1 aliphatic heterocycles. The molecule has 4 rings (SSSR count). The highest BCUT2D eigenvalue weighted by atomic mass is 15.2. The SMILES string of the molecule is CCCN1CCC(n2ccnc2-c2ccc3ccccc3n2)CC1. The fraction of sp³-hybridized carbons (Fsp3) is 0.400. The van der Waals surface area contributed by atoms with Gasteiger partial charge in [0.05, 0.1) is 5.52 Å². The summed E-state index contributed by atoms with van der Waals surface area (Å²) in [6, 6.07) is 13.0. The molecule has 0 aliphatic carbocycles. The Morgan fingerprint density at radius 2 is 1.92 bits per heavy atom. The highest BCUT2D eigenvalue weighted by molar-refractivity contribution is 5.80. The number of pyridine rings is 1. The minimum Gasteiger partial charge on any atom is -0.327 e. The molecule has 0 unspecified atom stereocenters. The molecule has 2 aromatic heterocycles. The number of rotatable bonds is 4. The molecule has 3 aromatic rings. The summed E-state index contributed by atoms with van der Waals surface area (Å²) in [6.45, 7) is 5.84. The first-order valence-corrected chi connectivity index (χ1v) is 8.96. The molecule has 0 N–H and O–H groups in total. The third-order valence-electron chi connectivity index (χ3n) is 4.99. The van der Waals surface area contributed by atoms with Gasteiger partial charge in [0.15, 0.2) is 5.82 Å². The van der Waals surface area contributed by atoms with Crippen LogP contribution in [0.1, 0.15) is 32.2 Å². The lowest BCUT2D eigenvalue weighted by Gasteiger charge is -2.32. The Bertz CT molecular complexity index is 815. The lowest BCUT2D eigenvalue weighted by molar-refractivity contribution is 0.187. The van der Waals surface area contributed by atoms with Crippen LogP contribution in [0.3, 0.4) is 0 Å². The van der Waals surface area contributed by atoms with E-state index in [0.29, 0.717) is 6.04 Å². The Balaban J connectivity index is 1.60. The summed E-state index contributed by atoms with van der Waals surface area (Å²) in [5.41, 5.74) is 2.00. The Labute approximate surface area is 143 Å². The van der Waals surface area contributed by atoms with Crippen molar-refractivity contribution in [1.29, 1.82) is 0 Å². The molecule has 1 fully saturated rings. The maximum atomic E-state index is 4.82. The number of piperidine rings is 1. The minimum absolute atomic E-state index is 0.531. The van der Waals surface area contributed by atoms with Crippen molar-refractivity contribution in [3.05, 3.63) is 48.8 Å². The molecule has 0 atom stereocenters. The summed E-state index contributed by atoms with van der Waals surface area (Å²) in [5, 5.41) is 1.17. The van der Waals surface area contributed by atoms with Crippen molar-refractivity contribution in [2.24, 2.45) is 0 Å². The first-order chi connectivity index (χ1) is 11.8. The van der Waals surface area contributed by atoms with Gasteiger partial charge in [-0.3, -0.25) is 0 Å². The van der Waals surface area contributed by atoms with Gasteiger partial charge in [-0.25, -0.2) is 9.97 Å². The molecule has 4 nitrogen and oxygen atoms in total. The van der Waals surface area contributed by atoms with Crippen molar-refractivity contribution in [3.63, 3.8) is 0 Å². The summed E-state index contributed by atoms with van der Waals surface area (Å²) in [5.74, 6) is 0.995. The van der Waals surface area contributed by atoms with Gasteiger partial charge in [0.25, 0.3) is 0 Å². The number of nitrogens with zero attached hydrogens (tertiary/aromatic N) is 4. The Morgan fingerprint density at radius 1 is 1.08 bits per heavy atom. The van der Waals surface area contributed by atoms with Crippen LogP contribution in [-0.4, -0.2) is 39.1 Å². The molecule has 1 aromatic carbocycles. The van der Waals surface area contributed by atoms with Crippen LogP contribution in [0.4, 0.5) is 0 Å². The van der Waals surface area contributed by atoms with E-state index in [4.69, 9.17) is 4.98 Å². The maximum absolute atomic E-state index is 4.82. The van der Waals surface area contributed by atoms with Crippen molar-refractivity contribution in [3.8, 4) is 11.5 Å². The smallest absolute Gasteiger partial charge is 0.158 e. The van der Waals surface area contributed by atoms with Gasteiger partial charge in [0.2, 0.25) is 0 Å². The zero-order valence-electron chi connectivity index (χ0n) is 14.2. The third kappa shape index (κ3) is 2.94. The van der Waals surface area contributed by atoms with Crippen LogP contribution >= 0.6 is 0 Å². The van der Waals surface area contributed by atoms with Crippen LogP contribution < -0.4 is 0 Å². The predicted octanol–water partition coefficient (Wildman–Crippen LogP) is 4.15. The quantitative estimate of drug-likeness (QED) is 0.724. The first-order valence-electron chi connectivity index (χ1n) is 8.96. The number of imidazole rings is 1. The zero-order valence-corrected chi connectivity index (χ0v) is 14.2. The van der Waals surface area contributed by atoms with Gasteiger partial charge in [-0.05, 0) is 37.9 Å². The normalized spacial score (nSPS) is 16.7. The molecule has 124 valence electrons. The van der Waals surface area contributed by atoms with Crippen molar-refractivity contribution in [1.82, 2.24) is 19.4 Å². The number of likely N-dealkylation sites (tertiary alicyclic amines) is 1. The second-order valence-electron chi connectivity index (χ2n) is 6.62. The van der Waals surface area contributed by atoms with Crippen LogP contribution in [0, 0.1) is 0 Å². The highest BCUT2D eigenvalue weighted by Crippen LogP contribution is 2.28. The topological polar surface area (TPSA) is 34.0 Å². The van der Waals surface area contributed by atoms with Crippen LogP contribution in [0.5, 0.6) is 0 Å². The minimum atomic E-state index is 0.531. The number of aromatic nitrogens is 3. The summed E-state index contributed by atoms with van der Waals surface area (Å²) in [6.07, 6.45) is 7.65. The van der Waals surface area contributed by atoms with Crippen LogP contribution in [0.25, 0.3) is 22.4 Å². The van der Waals surface area contributed by atoms with Gasteiger partial charge in [0.1, 0.15) is 5.69 Å². The van der Waals surface area contributed by atoms with Gasteiger partial charge >= 0.3 is 0 Å². The number of hydrogen-bond donors (Lipinski definition) is 0. The van der Waals surface area contributed by atoms with E-state index in [2.05, 4.69) is 57.9 Å². The summed E-state index contributed by atoms with van der Waals surface area (Å²) >= 11 is 0. The fourth-order valence-corrected chi connectivity index (χ4v) is 3.73. The van der Waals surface area contributed by atoms with Crippen molar-refractivity contribution in [2.75, 3.05) is 19.6 Å². The Hall–Kier alpha value is -2.20. The van der Waals surface area contributed by atoms with E-state index >= 15 is 0 Å². The number of fused-ring (bicyclic) bond motifs is 1. The van der Waals surface area contributed by atoms with E-state index in [-0.39, 0.29) is 0 Å². The Morgan fingerprint density at radius 3 is 2.75 bits per heavy atom. The zero-order chi connectivity index (χ0) is 16.4. The van der Waals surface area contributed by atoms with Crippen LogP contribution in [0.15, 0.2) is 48.8 Å². The second kappa shape index (κ2) is 6.73. The molecule has 0 amide bonds. The molecule has 1 saturated heterocycles. The average Bonchev–Trinajstić information content (AvgIpc) is 3.12. The number of hydrogen-bond acceptors (Lipinski definition) is 3. The van der Waals surface area contributed by atoms with E-state index in [1.165, 1.54) is 44.3 Å². The summed E-state index contributed by atoms with van der Waals surface area (Å²) in [4.78, 5) is 12.0.